The number of hydrogen-bond donors (Lipinski definition) is 3. The molecule has 1 unspecified atom stereocenters. The number of amides is 2. The first kappa shape index (κ1) is 17.3. The van der Waals surface area contributed by atoms with Crippen LogP contribution in [-0.4, -0.2) is 30.3 Å². The zero-order valence-corrected chi connectivity index (χ0v) is 13.9. The van der Waals surface area contributed by atoms with E-state index < -0.39 is 23.5 Å². The summed E-state index contributed by atoms with van der Waals surface area (Å²) in [4.78, 5) is 23.1. The minimum atomic E-state index is -1.08. The summed E-state index contributed by atoms with van der Waals surface area (Å²) < 4.78 is 5.78. The molecular weight excluding hydrogens is 340 g/mol. The maximum atomic E-state index is 11.9. The van der Waals surface area contributed by atoms with Crippen molar-refractivity contribution < 1.29 is 19.4 Å². The predicted octanol–water partition coefficient (Wildman–Crippen LogP) is 3.08. The van der Waals surface area contributed by atoms with E-state index in [0.717, 1.165) is 0 Å². The van der Waals surface area contributed by atoms with Crippen molar-refractivity contribution in [2.75, 3.05) is 12.4 Å². The first-order chi connectivity index (χ1) is 9.65. The Hall–Kier alpha value is -1.76. The minimum Gasteiger partial charge on any atom is -0.496 e. The van der Waals surface area contributed by atoms with Gasteiger partial charge in [0.05, 0.1) is 11.6 Å². The third kappa shape index (κ3) is 4.93. The second-order valence-electron chi connectivity index (χ2n) is 5.59. The number of carboxylic acids is 1. The fourth-order valence-corrected chi connectivity index (χ4v) is 2.23. The van der Waals surface area contributed by atoms with Gasteiger partial charge in [-0.05, 0) is 39.5 Å². The lowest BCUT2D eigenvalue weighted by molar-refractivity contribution is -0.141. The van der Waals surface area contributed by atoms with Crippen LogP contribution in [0.15, 0.2) is 22.7 Å². The van der Waals surface area contributed by atoms with Crippen LogP contribution in [0.25, 0.3) is 0 Å². The Morgan fingerprint density at radius 3 is 2.38 bits per heavy atom. The molecule has 6 nitrogen and oxygen atoms in total. The Morgan fingerprint density at radius 1 is 1.33 bits per heavy atom. The van der Waals surface area contributed by atoms with Gasteiger partial charge in [0.25, 0.3) is 0 Å². The van der Waals surface area contributed by atoms with Crippen LogP contribution in [0, 0.1) is 5.41 Å². The molecule has 0 radical (unpaired) electrons. The number of anilines is 1. The van der Waals surface area contributed by atoms with E-state index in [0.29, 0.717) is 15.9 Å². The van der Waals surface area contributed by atoms with Gasteiger partial charge in [0, 0.05) is 5.69 Å². The monoisotopic (exact) mass is 358 g/mol. The molecule has 0 fully saturated rings. The van der Waals surface area contributed by atoms with Crippen LogP contribution in [-0.2, 0) is 4.79 Å². The van der Waals surface area contributed by atoms with Crippen molar-refractivity contribution in [1.29, 1.82) is 0 Å². The molecule has 3 N–H and O–H groups in total. The lowest BCUT2D eigenvalue weighted by Gasteiger charge is -2.27. The van der Waals surface area contributed by atoms with E-state index in [9.17, 15) is 9.59 Å². The van der Waals surface area contributed by atoms with Gasteiger partial charge in [0.1, 0.15) is 11.8 Å². The standard InChI is InChI=1S/C14H19BrN2O4/c1-14(2,3)11(12(18)19)17-13(20)16-8-5-6-10(21-4)9(15)7-8/h5-7,11H,1-4H3,(H,18,19)(H2,16,17,20). The molecule has 1 rings (SSSR count). The summed E-state index contributed by atoms with van der Waals surface area (Å²) >= 11 is 3.31. The third-order valence-electron chi connectivity index (χ3n) is 2.80. The average Bonchev–Trinajstić information content (AvgIpc) is 2.34. The quantitative estimate of drug-likeness (QED) is 0.771. The summed E-state index contributed by atoms with van der Waals surface area (Å²) in [6, 6.07) is 3.47. The molecule has 0 saturated heterocycles. The number of carboxylic acid groups (broad SMARTS) is 1. The smallest absolute Gasteiger partial charge is 0.326 e. The molecule has 1 atom stereocenters. The number of nitrogens with one attached hydrogen (secondary N) is 2. The summed E-state index contributed by atoms with van der Waals surface area (Å²) in [5.41, 5.74) is -0.0675. The third-order valence-corrected chi connectivity index (χ3v) is 3.42. The second kappa shape index (κ2) is 6.80. The van der Waals surface area contributed by atoms with Crippen LogP contribution < -0.4 is 15.4 Å². The molecule has 0 saturated carbocycles. The van der Waals surface area contributed by atoms with E-state index in [1.54, 1.807) is 46.1 Å². The number of urea groups is 1. The highest BCUT2D eigenvalue weighted by Crippen LogP contribution is 2.27. The van der Waals surface area contributed by atoms with Gasteiger partial charge < -0.3 is 20.5 Å². The Kier molecular flexibility index (Phi) is 5.60. The molecule has 1 aromatic carbocycles. The normalized spacial score (nSPS) is 12.4. The highest BCUT2D eigenvalue weighted by atomic mass is 79.9. The van der Waals surface area contributed by atoms with Crippen LogP contribution in [0.1, 0.15) is 20.8 Å². The molecule has 0 aliphatic heterocycles. The molecule has 116 valence electrons. The fraction of sp³-hybridized carbons (Fsp3) is 0.429. The Morgan fingerprint density at radius 2 is 1.95 bits per heavy atom. The van der Waals surface area contributed by atoms with Gasteiger partial charge in [-0.25, -0.2) is 9.59 Å². The largest absolute Gasteiger partial charge is 0.496 e. The van der Waals surface area contributed by atoms with Crippen LogP contribution in [0.5, 0.6) is 5.75 Å². The van der Waals surface area contributed by atoms with Crippen molar-refractivity contribution in [1.82, 2.24) is 5.32 Å². The van der Waals surface area contributed by atoms with Crippen LogP contribution >= 0.6 is 15.9 Å². The molecule has 0 aliphatic carbocycles. The molecule has 2 amide bonds. The van der Waals surface area contributed by atoms with Crippen molar-refractivity contribution in [3.05, 3.63) is 22.7 Å². The molecule has 21 heavy (non-hydrogen) atoms. The number of ether oxygens (including phenoxy) is 1. The molecule has 0 heterocycles. The van der Waals surface area contributed by atoms with E-state index in [4.69, 9.17) is 9.84 Å². The number of halogens is 1. The van der Waals surface area contributed by atoms with Gasteiger partial charge in [-0.1, -0.05) is 20.8 Å². The lowest BCUT2D eigenvalue weighted by Crippen LogP contribution is -2.50. The molecular formula is C14H19BrN2O4. The Bertz CT molecular complexity index is 540. The summed E-state index contributed by atoms with van der Waals surface area (Å²) in [6.45, 7) is 5.24. The molecule has 1 aromatic rings. The van der Waals surface area contributed by atoms with Crippen molar-refractivity contribution >= 4 is 33.6 Å². The zero-order chi connectivity index (χ0) is 16.2. The van der Waals surface area contributed by atoms with E-state index in [2.05, 4.69) is 26.6 Å². The summed E-state index contributed by atoms with van der Waals surface area (Å²) in [6.07, 6.45) is 0. The topological polar surface area (TPSA) is 87.7 Å². The van der Waals surface area contributed by atoms with Crippen molar-refractivity contribution in [2.45, 2.75) is 26.8 Å². The average molecular weight is 359 g/mol. The number of carbonyl (C=O) groups excluding carboxylic acids is 1. The van der Waals surface area contributed by atoms with Gasteiger partial charge in [-0.2, -0.15) is 0 Å². The van der Waals surface area contributed by atoms with E-state index in [1.165, 1.54) is 0 Å². The zero-order valence-electron chi connectivity index (χ0n) is 12.4. The fourth-order valence-electron chi connectivity index (χ4n) is 1.69. The minimum absolute atomic E-state index is 0.526. The van der Waals surface area contributed by atoms with Crippen molar-refractivity contribution in [2.24, 2.45) is 5.41 Å². The number of benzene rings is 1. The number of hydrogen-bond acceptors (Lipinski definition) is 3. The summed E-state index contributed by atoms with van der Waals surface area (Å²) in [7, 11) is 1.54. The van der Waals surface area contributed by atoms with Crippen LogP contribution in [0.3, 0.4) is 0 Å². The van der Waals surface area contributed by atoms with E-state index in [-0.39, 0.29) is 0 Å². The van der Waals surface area contributed by atoms with Crippen LogP contribution in [0.2, 0.25) is 0 Å². The first-order valence-electron chi connectivity index (χ1n) is 6.29. The Labute approximate surface area is 132 Å². The van der Waals surface area contributed by atoms with Gasteiger partial charge in [0.15, 0.2) is 0 Å². The highest BCUT2D eigenvalue weighted by Gasteiger charge is 2.32. The summed E-state index contributed by atoms with van der Waals surface area (Å²) in [5, 5.41) is 14.2. The first-order valence-corrected chi connectivity index (χ1v) is 7.08. The summed E-state index contributed by atoms with van der Waals surface area (Å²) in [5.74, 6) is -0.437. The maximum absolute atomic E-state index is 11.9. The lowest BCUT2D eigenvalue weighted by atomic mass is 9.87. The maximum Gasteiger partial charge on any atom is 0.326 e. The Balaban J connectivity index is 2.77. The van der Waals surface area contributed by atoms with Crippen LogP contribution in [0.4, 0.5) is 10.5 Å². The molecule has 0 aliphatic rings. The van der Waals surface area contributed by atoms with Gasteiger partial charge >= 0.3 is 12.0 Å². The molecule has 0 bridgehead atoms. The number of rotatable bonds is 4. The molecule has 0 aromatic heterocycles. The SMILES string of the molecule is COc1ccc(NC(=O)NC(C(=O)O)C(C)(C)C)cc1Br. The van der Waals surface area contributed by atoms with E-state index >= 15 is 0 Å². The highest BCUT2D eigenvalue weighted by molar-refractivity contribution is 9.10. The number of carbonyl (C=O) groups is 2. The van der Waals surface area contributed by atoms with Gasteiger partial charge in [-0.3, -0.25) is 0 Å². The predicted molar refractivity (Wildman–Crippen MR) is 83.7 cm³/mol. The van der Waals surface area contributed by atoms with Crippen molar-refractivity contribution in [3.8, 4) is 5.75 Å². The van der Waals surface area contributed by atoms with Gasteiger partial charge in [-0.15, -0.1) is 0 Å². The second-order valence-corrected chi connectivity index (χ2v) is 6.44. The number of methoxy groups -OCH3 is 1. The number of aliphatic carboxylic acids is 1. The van der Waals surface area contributed by atoms with Crippen molar-refractivity contribution in [3.63, 3.8) is 0 Å². The molecule has 0 spiro atoms. The van der Waals surface area contributed by atoms with E-state index in [1.807, 2.05) is 0 Å². The van der Waals surface area contributed by atoms with Gasteiger partial charge in [0.2, 0.25) is 0 Å². The molecule has 7 heteroatoms.